The summed E-state index contributed by atoms with van der Waals surface area (Å²) in [6.07, 6.45) is -6.88. The quantitative estimate of drug-likeness (QED) is 0.517. The van der Waals surface area contributed by atoms with E-state index >= 15 is 0 Å². The third-order valence-electron chi connectivity index (χ3n) is 1.73. The molecule has 0 aliphatic rings. The van der Waals surface area contributed by atoms with Gasteiger partial charge in [-0.1, -0.05) is 6.07 Å². The summed E-state index contributed by atoms with van der Waals surface area (Å²) in [5.41, 5.74) is -2.92. The van der Waals surface area contributed by atoms with Gasteiger partial charge in [-0.2, -0.15) is 13.2 Å². The molecule has 0 bridgehead atoms. The summed E-state index contributed by atoms with van der Waals surface area (Å²) in [5, 5.41) is 0. The van der Waals surface area contributed by atoms with E-state index in [2.05, 4.69) is 0 Å². The minimum absolute atomic E-state index is 0. The average Bonchev–Trinajstić information content (AvgIpc) is 2.04. The van der Waals surface area contributed by atoms with Gasteiger partial charge in [-0.25, -0.2) is 0 Å². The Kier molecular flexibility index (Phi) is 6.00. The SMILES string of the molecule is O=c1cccc(C(F)(F)F)n1C[B-](F)(F)F.[K+]. The smallest absolute Gasteiger partial charge is 0.448 e. The van der Waals surface area contributed by atoms with E-state index in [0.717, 1.165) is 6.07 Å². The monoisotopic (exact) mass is 283 g/mol. The number of alkyl halides is 3. The summed E-state index contributed by atoms with van der Waals surface area (Å²) in [5.74, 6) is 0. The molecule has 0 atom stereocenters. The topological polar surface area (TPSA) is 22.0 Å². The second-order valence-corrected chi connectivity index (χ2v) is 3.07. The standard InChI is InChI=1S/C7H5BF6NO.K/c9-7(10,11)5-2-1-3-6(16)15(5)4-8(12,13)14;/h1-3H,4H2;/q-1;+1. The van der Waals surface area contributed by atoms with Crippen LogP contribution in [0.4, 0.5) is 26.1 Å². The summed E-state index contributed by atoms with van der Waals surface area (Å²) < 4.78 is 72.6. The van der Waals surface area contributed by atoms with Gasteiger partial charge in [0.1, 0.15) is 5.69 Å². The van der Waals surface area contributed by atoms with Crippen LogP contribution >= 0.6 is 0 Å². The normalized spacial score (nSPS) is 12.1. The van der Waals surface area contributed by atoms with Crippen LogP contribution in [-0.4, -0.2) is 11.5 Å². The maximum Gasteiger partial charge on any atom is 1.00 e. The first-order chi connectivity index (χ1) is 7.11. The molecule has 0 N–H and O–H groups in total. The number of hydrogen-bond donors (Lipinski definition) is 0. The Morgan fingerprint density at radius 1 is 1.18 bits per heavy atom. The number of hydrogen-bond acceptors (Lipinski definition) is 1. The summed E-state index contributed by atoms with van der Waals surface area (Å²) >= 11 is 0. The van der Waals surface area contributed by atoms with E-state index in [9.17, 15) is 30.9 Å². The number of rotatable bonds is 2. The van der Waals surface area contributed by atoms with Crippen molar-refractivity contribution in [2.45, 2.75) is 12.6 Å². The Morgan fingerprint density at radius 3 is 2.12 bits per heavy atom. The van der Waals surface area contributed by atoms with Crippen molar-refractivity contribution in [2.24, 2.45) is 0 Å². The summed E-state index contributed by atoms with van der Waals surface area (Å²) in [4.78, 5) is 10.9. The van der Waals surface area contributed by atoms with Crippen LogP contribution in [0.25, 0.3) is 0 Å². The van der Waals surface area contributed by atoms with Crippen molar-refractivity contribution in [3.05, 3.63) is 34.2 Å². The molecule has 17 heavy (non-hydrogen) atoms. The van der Waals surface area contributed by atoms with E-state index in [1.54, 1.807) is 0 Å². The molecule has 0 aromatic carbocycles. The molecular formula is C7H5BF6KNO. The molecule has 90 valence electrons. The van der Waals surface area contributed by atoms with Gasteiger partial charge in [0, 0.05) is 6.07 Å². The minimum atomic E-state index is -5.51. The predicted molar refractivity (Wildman–Crippen MR) is 44.8 cm³/mol. The molecule has 0 unspecified atom stereocenters. The number of nitrogens with zero attached hydrogens (tertiary/aromatic N) is 1. The van der Waals surface area contributed by atoms with Gasteiger partial charge in [0.2, 0.25) is 5.56 Å². The molecule has 1 aromatic rings. The van der Waals surface area contributed by atoms with Crippen molar-refractivity contribution in [1.82, 2.24) is 4.57 Å². The molecule has 0 spiro atoms. The largest absolute Gasteiger partial charge is 1.00 e. The van der Waals surface area contributed by atoms with E-state index in [-0.39, 0.29) is 56.0 Å². The summed E-state index contributed by atoms with van der Waals surface area (Å²) in [7, 11) is 0. The van der Waals surface area contributed by atoms with Gasteiger partial charge in [-0.3, -0.25) is 4.79 Å². The van der Waals surface area contributed by atoms with Gasteiger partial charge in [-0.05, 0) is 12.5 Å². The van der Waals surface area contributed by atoms with E-state index in [4.69, 9.17) is 0 Å². The molecular weight excluding hydrogens is 278 g/mol. The first-order valence-electron chi connectivity index (χ1n) is 4.09. The number of aromatic nitrogens is 1. The Balaban J connectivity index is 0.00000256. The molecule has 0 saturated heterocycles. The van der Waals surface area contributed by atoms with E-state index < -0.39 is 30.9 Å². The maximum atomic E-state index is 12.3. The van der Waals surface area contributed by atoms with Gasteiger partial charge < -0.3 is 17.5 Å². The Morgan fingerprint density at radius 2 is 1.71 bits per heavy atom. The van der Waals surface area contributed by atoms with Crippen molar-refractivity contribution in [3.63, 3.8) is 0 Å². The molecule has 2 nitrogen and oxygen atoms in total. The van der Waals surface area contributed by atoms with E-state index in [1.807, 2.05) is 0 Å². The van der Waals surface area contributed by atoms with Crippen LogP contribution in [-0.2, 0) is 12.6 Å². The van der Waals surface area contributed by atoms with Gasteiger partial charge in [0.05, 0.1) is 0 Å². The van der Waals surface area contributed by atoms with Crippen LogP contribution in [0.2, 0.25) is 0 Å². The number of pyridine rings is 1. The van der Waals surface area contributed by atoms with Crippen molar-refractivity contribution in [3.8, 4) is 0 Å². The van der Waals surface area contributed by atoms with Gasteiger partial charge in [0.15, 0.2) is 0 Å². The molecule has 0 radical (unpaired) electrons. The van der Waals surface area contributed by atoms with Gasteiger partial charge in [0.25, 0.3) is 0 Å². The number of halogens is 6. The fraction of sp³-hybridized carbons (Fsp3) is 0.286. The predicted octanol–water partition coefficient (Wildman–Crippen LogP) is -0.742. The van der Waals surface area contributed by atoms with E-state index in [0.29, 0.717) is 12.1 Å². The zero-order valence-corrected chi connectivity index (χ0v) is 11.8. The summed E-state index contributed by atoms with van der Waals surface area (Å²) in [6.45, 7) is -5.51. The Hall–Kier alpha value is 0.231. The second-order valence-electron chi connectivity index (χ2n) is 3.07. The van der Waals surface area contributed by atoms with Crippen LogP contribution in [0.5, 0.6) is 0 Å². The Bertz CT molecular complexity index is 439. The van der Waals surface area contributed by atoms with Crippen LogP contribution in [0.15, 0.2) is 23.0 Å². The zero-order chi connectivity index (χ0) is 12.6. The van der Waals surface area contributed by atoms with Crippen molar-refractivity contribution in [2.75, 3.05) is 0 Å². The molecule has 1 aromatic heterocycles. The molecule has 1 rings (SSSR count). The van der Waals surface area contributed by atoms with Crippen LogP contribution in [0.1, 0.15) is 5.69 Å². The molecule has 0 fully saturated rings. The first kappa shape index (κ1) is 17.2. The van der Waals surface area contributed by atoms with Crippen LogP contribution in [0.3, 0.4) is 0 Å². The average molecular weight is 283 g/mol. The van der Waals surface area contributed by atoms with Crippen molar-refractivity contribution < 1.29 is 77.5 Å². The molecule has 10 heteroatoms. The minimum Gasteiger partial charge on any atom is -0.448 e. The van der Waals surface area contributed by atoms with Crippen LogP contribution in [0, 0.1) is 0 Å². The Labute approximate surface area is 134 Å². The molecule has 0 aliphatic heterocycles. The zero-order valence-electron chi connectivity index (χ0n) is 8.64. The molecule has 0 aliphatic carbocycles. The third kappa shape index (κ3) is 5.16. The molecule has 1 heterocycles. The van der Waals surface area contributed by atoms with Crippen molar-refractivity contribution >= 4 is 6.98 Å². The summed E-state index contributed by atoms with van der Waals surface area (Å²) in [6, 6.07) is 1.85. The second kappa shape index (κ2) is 5.91. The van der Waals surface area contributed by atoms with Gasteiger partial charge in [-0.15, -0.1) is 0 Å². The fourth-order valence-electron chi connectivity index (χ4n) is 1.16. The van der Waals surface area contributed by atoms with Crippen molar-refractivity contribution in [1.29, 1.82) is 0 Å². The fourth-order valence-corrected chi connectivity index (χ4v) is 1.16. The van der Waals surface area contributed by atoms with Gasteiger partial charge >= 0.3 is 64.5 Å². The third-order valence-corrected chi connectivity index (χ3v) is 1.73. The first-order valence-corrected chi connectivity index (χ1v) is 4.09. The molecule has 0 amide bonds. The van der Waals surface area contributed by atoms with Crippen LogP contribution < -0.4 is 56.9 Å². The van der Waals surface area contributed by atoms with E-state index in [1.165, 1.54) is 0 Å². The molecule has 0 saturated carbocycles. The maximum absolute atomic E-state index is 12.3.